The van der Waals surface area contributed by atoms with Crippen molar-refractivity contribution in [2.24, 2.45) is 5.92 Å². The number of esters is 1. The number of amides is 1. The highest BCUT2D eigenvalue weighted by Crippen LogP contribution is 2.33. The lowest BCUT2D eigenvalue weighted by Crippen LogP contribution is -2.34. The minimum absolute atomic E-state index is 0.180. The van der Waals surface area contributed by atoms with E-state index in [1.807, 2.05) is 23.2 Å². The van der Waals surface area contributed by atoms with Crippen molar-refractivity contribution >= 4 is 22.6 Å². The fraction of sp³-hybridized carbons (Fsp3) is 0.353. The van der Waals surface area contributed by atoms with Crippen molar-refractivity contribution in [2.75, 3.05) is 39.3 Å². The smallest absolute Gasteiger partial charge is 0.337 e. The Morgan fingerprint density at radius 1 is 1.00 bits per heavy atom. The van der Waals surface area contributed by atoms with Gasteiger partial charge in [0.05, 0.1) is 12.2 Å². The Bertz CT molecular complexity index is 1380. The lowest BCUT2D eigenvalue weighted by molar-refractivity contribution is -0.138. The zero-order chi connectivity index (χ0) is 27.9. The lowest BCUT2D eigenvalue weighted by atomic mass is 9.88. The normalized spacial score (nSPS) is 19.5. The molecule has 1 amide bonds. The fourth-order valence-corrected chi connectivity index (χ4v) is 5.88. The number of ether oxygens (including phenoxy) is 1. The van der Waals surface area contributed by atoms with Crippen molar-refractivity contribution in [3.8, 4) is 0 Å². The van der Waals surface area contributed by atoms with Crippen LogP contribution in [0.4, 0.5) is 0 Å². The molecule has 2 aliphatic rings. The molecule has 0 aliphatic carbocycles. The van der Waals surface area contributed by atoms with Crippen LogP contribution >= 0.6 is 0 Å². The fourth-order valence-electron chi connectivity index (χ4n) is 5.88. The van der Waals surface area contributed by atoms with Crippen molar-refractivity contribution in [3.05, 3.63) is 108 Å². The van der Waals surface area contributed by atoms with Crippen LogP contribution in [0, 0.1) is 5.92 Å². The molecule has 1 N–H and O–H groups in total. The van der Waals surface area contributed by atoms with E-state index in [1.165, 1.54) is 21.9 Å². The second-order valence-corrected chi connectivity index (χ2v) is 10.7. The molecule has 0 radical (unpaired) electrons. The Balaban J connectivity index is 1.20. The van der Waals surface area contributed by atoms with Gasteiger partial charge in [0.1, 0.15) is 0 Å². The van der Waals surface area contributed by atoms with Gasteiger partial charge in [0, 0.05) is 57.3 Å². The zero-order valence-corrected chi connectivity index (χ0v) is 23.5. The van der Waals surface area contributed by atoms with Crippen LogP contribution in [0.5, 0.6) is 0 Å². The van der Waals surface area contributed by atoms with Crippen LogP contribution in [0.2, 0.25) is 0 Å². The van der Waals surface area contributed by atoms with Crippen LogP contribution in [0.25, 0.3) is 10.8 Å². The number of hydrogen-bond donors (Lipinski definition) is 1. The summed E-state index contributed by atoms with van der Waals surface area (Å²) in [4.78, 5) is 29.4. The third-order valence-electron chi connectivity index (χ3n) is 8.13. The van der Waals surface area contributed by atoms with Crippen LogP contribution in [-0.4, -0.2) is 61.0 Å². The number of carbonyl (C=O) groups is 2. The Morgan fingerprint density at radius 2 is 1.77 bits per heavy atom. The number of carbonyl (C=O) groups excluding carboxylic acids is 2. The molecule has 1 fully saturated rings. The van der Waals surface area contributed by atoms with Gasteiger partial charge in [-0.15, -0.1) is 0 Å². The van der Waals surface area contributed by atoms with E-state index in [-0.39, 0.29) is 17.9 Å². The Hall–Kier alpha value is -3.90. The van der Waals surface area contributed by atoms with E-state index in [1.54, 1.807) is 13.0 Å². The molecule has 2 aliphatic heterocycles. The zero-order valence-electron chi connectivity index (χ0n) is 23.5. The monoisotopic (exact) mass is 537 g/mol. The van der Waals surface area contributed by atoms with Gasteiger partial charge in [-0.2, -0.15) is 0 Å². The Labute approximate surface area is 237 Å². The molecule has 208 valence electrons. The second kappa shape index (κ2) is 13.0. The lowest BCUT2D eigenvalue weighted by Gasteiger charge is -2.24. The number of hydrogen-bond acceptors (Lipinski definition) is 5. The highest BCUT2D eigenvalue weighted by molar-refractivity contribution is 5.91. The molecule has 0 saturated carbocycles. The van der Waals surface area contributed by atoms with Crippen LogP contribution in [0.15, 0.2) is 96.7 Å². The molecule has 0 spiro atoms. The molecule has 5 rings (SSSR count). The molecule has 3 aromatic rings. The highest BCUT2D eigenvalue weighted by Gasteiger charge is 2.36. The van der Waals surface area contributed by atoms with Gasteiger partial charge in [-0.25, -0.2) is 4.79 Å². The Kier molecular flexibility index (Phi) is 8.97. The predicted molar refractivity (Wildman–Crippen MR) is 160 cm³/mol. The standard InChI is InChI=1S/C34H39N3O3/c1-3-40-34(39)28-16-19-36(20-17-28)21-18-33(38)37-23-29(32(24-37)27-10-5-4-6-11-27)22-35-25(2)30-15-9-13-26-12-7-8-14-31(26)30/h4-17,19,25,29,32,35H,3,18,20-24H2,1-2H3/t25-,29+,32-/m1/s1. The van der Waals surface area contributed by atoms with Crippen LogP contribution in [0.1, 0.15) is 43.4 Å². The van der Waals surface area contributed by atoms with Gasteiger partial charge < -0.3 is 19.9 Å². The maximum atomic E-state index is 13.3. The quantitative estimate of drug-likeness (QED) is 0.349. The molecule has 40 heavy (non-hydrogen) atoms. The van der Waals surface area contributed by atoms with Gasteiger partial charge >= 0.3 is 5.97 Å². The summed E-state index contributed by atoms with van der Waals surface area (Å²) in [6.45, 7) is 7.93. The first-order valence-electron chi connectivity index (χ1n) is 14.4. The number of nitrogens with zero attached hydrogens (tertiary/aromatic N) is 2. The molecule has 2 heterocycles. The minimum atomic E-state index is -0.298. The van der Waals surface area contributed by atoms with Crippen molar-refractivity contribution in [3.63, 3.8) is 0 Å². The summed E-state index contributed by atoms with van der Waals surface area (Å²) in [6, 6.07) is 25.8. The van der Waals surface area contributed by atoms with E-state index in [2.05, 4.69) is 83.9 Å². The molecular weight excluding hydrogens is 498 g/mol. The van der Waals surface area contributed by atoms with Gasteiger partial charge in [-0.3, -0.25) is 4.79 Å². The van der Waals surface area contributed by atoms with Gasteiger partial charge in [-0.1, -0.05) is 78.9 Å². The van der Waals surface area contributed by atoms with E-state index >= 15 is 0 Å². The van der Waals surface area contributed by atoms with E-state index in [0.717, 1.165) is 19.6 Å². The SMILES string of the molecule is CCOC(=O)C1=CCN(CCC(=O)N2C[C@H](CN[C@H](C)c3cccc4ccccc34)[C@@H](c3ccccc3)C2)C=C1. The van der Waals surface area contributed by atoms with Gasteiger partial charge in [-0.05, 0) is 47.7 Å². The van der Waals surface area contributed by atoms with Crippen LogP contribution < -0.4 is 5.32 Å². The summed E-state index contributed by atoms with van der Waals surface area (Å²) < 4.78 is 5.07. The van der Waals surface area contributed by atoms with Crippen molar-refractivity contribution in [2.45, 2.75) is 32.2 Å². The number of nitrogens with one attached hydrogen (secondary N) is 1. The van der Waals surface area contributed by atoms with Crippen LogP contribution in [0.3, 0.4) is 0 Å². The van der Waals surface area contributed by atoms with E-state index < -0.39 is 0 Å². The van der Waals surface area contributed by atoms with Crippen LogP contribution in [-0.2, 0) is 14.3 Å². The molecule has 0 aromatic heterocycles. The third-order valence-corrected chi connectivity index (χ3v) is 8.13. The summed E-state index contributed by atoms with van der Waals surface area (Å²) >= 11 is 0. The predicted octanol–water partition coefficient (Wildman–Crippen LogP) is 5.44. The summed E-state index contributed by atoms with van der Waals surface area (Å²) in [6.07, 6.45) is 5.97. The molecule has 3 atom stereocenters. The maximum absolute atomic E-state index is 13.3. The summed E-state index contributed by atoms with van der Waals surface area (Å²) in [5.41, 5.74) is 3.16. The number of fused-ring (bicyclic) bond motifs is 1. The first kappa shape index (κ1) is 27.7. The van der Waals surface area contributed by atoms with Crippen molar-refractivity contribution in [1.82, 2.24) is 15.1 Å². The average Bonchev–Trinajstić information content (AvgIpc) is 3.43. The third kappa shape index (κ3) is 6.45. The first-order chi connectivity index (χ1) is 19.5. The average molecular weight is 538 g/mol. The summed E-state index contributed by atoms with van der Waals surface area (Å²) in [7, 11) is 0. The van der Waals surface area contributed by atoms with Gasteiger partial charge in [0.2, 0.25) is 5.91 Å². The molecule has 0 unspecified atom stereocenters. The first-order valence-corrected chi connectivity index (χ1v) is 14.4. The maximum Gasteiger partial charge on any atom is 0.337 e. The van der Waals surface area contributed by atoms with E-state index in [9.17, 15) is 9.59 Å². The van der Waals surface area contributed by atoms with E-state index in [4.69, 9.17) is 4.74 Å². The molecule has 1 saturated heterocycles. The number of benzene rings is 3. The molecule has 6 nitrogen and oxygen atoms in total. The van der Waals surface area contributed by atoms with Gasteiger partial charge in [0.25, 0.3) is 0 Å². The molecule has 3 aromatic carbocycles. The summed E-state index contributed by atoms with van der Waals surface area (Å²) in [5.74, 6) is 0.503. The van der Waals surface area contributed by atoms with Gasteiger partial charge in [0.15, 0.2) is 0 Å². The van der Waals surface area contributed by atoms with Crippen molar-refractivity contribution < 1.29 is 14.3 Å². The topological polar surface area (TPSA) is 61.9 Å². The summed E-state index contributed by atoms with van der Waals surface area (Å²) in [5, 5.41) is 6.33. The molecule has 0 bridgehead atoms. The highest BCUT2D eigenvalue weighted by atomic mass is 16.5. The van der Waals surface area contributed by atoms with E-state index in [0.29, 0.717) is 43.5 Å². The minimum Gasteiger partial charge on any atom is -0.462 e. The second-order valence-electron chi connectivity index (χ2n) is 10.7. The number of likely N-dealkylation sites (tertiary alicyclic amines) is 1. The molecular formula is C34H39N3O3. The number of rotatable bonds is 10. The largest absolute Gasteiger partial charge is 0.462 e. The Morgan fingerprint density at radius 3 is 2.55 bits per heavy atom. The van der Waals surface area contributed by atoms with Crippen molar-refractivity contribution in [1.29, 1.82) is 0 Å². The molecule has 6 heteroatoms.